The van der Waals surface area contributed by atoms with Crippen molar-refractivity contribution in [3.63, 3.8) is 0 Å². The molecule has 0 spiro atoms. The van der Waals surface area contributed by atoms with E-state index in [0.717, 1.165) is 4.90 Å². The molecule has 3 aromatic rings. The largest absolute Gasteiger partial charge is 0.479 e. The number of rotatable bonds is 40. The van der Waals surface area contributed by atoms with Crippen molar-refractivity contribution in [2.75, 3.05) is 87.6 Å². The number of hydrogen-bond donors (Lipinski definition) is 6. The van der Waals surface area contributed by atoms with Crippen molar-refractivity contribution in [3.8, 4) is 5.75 Å². The number of carbonyl (C=O) groups is 7. The maximum atomic E-state index is 14.9. The number of azide groups is 1. The Morgan fingerprint density at radius 1 is 0.851 bits per heavy atom. The van der Waals surface area contributed by atoms with E-state index in [-0.39, 0.29) is 93.4 Å². The lowest BCUT2D eigenvalue weighted by molar-refractivity contribution is -0.195. The molecule has 524 valence electrons. The summed E-state index contributed by atoms with van der Waals surface area (Å²) >= 11 is 0. The molecule has 0 radical (unpaired) electrons. The van der Waals surface area contributed by atoms with Crippen molar-refractivity contribution in [2.24, 2.45) is 28.8 Å². The van der Waals surface area contributed by atoms with Gasteiger partial charge in [0, 0.05) is 84.1 Å². The Bertz CT molecular complexity index is 2950. The summed E-state index contributed by atoms with van der Waals surface area (Å²) in [4.78, 5) is 104. The fourth-order valence-electron chi connectivity index (χ4n) is 12.0. The molecule has 5 rings (SSSR count). The predicted octanol–water partition coefficient (Wildman–Crippen LogP) is 6.06. The van der Waals surface area contributed by atoms with Gasteiger partial charge < -0.3 is 83.4 Å². The molecule has 2 fully saturated rings. The average Bonchev–Trinajstić information content (AvgIpc) is 1.43. The first-order valence-corrected chi connectivity index (χ1v) is 32.5. The Morgan fingerprint density at radius 3 is 2.16 bits per heavy atom. The number of amides is 6. The zero-order valence-corrected chi connectivity index (χ0v) is 56.6. The number of furan rings is 1. The van der Waals surface area contributed by atoms with Gasteiger partial charge in [-0.2, -0.15) is 0 Å². The number of aryl methyl sites for hydroxylation is 1. The van der Waals surface area contributed by atoms with Gasteiger partial charge in [-0.25, -0.2) is 9.59 Å². The first-order chi connectivity index (χ1) is 44.9. The maximum absolute atomic E-state index is 14.9. The minimum Gasteiger partial charge on any atom is -0.479 e. The van der Waals surface area contributed by atoms with Crippen LogP contribution in [0.5, 0.6) is 5.75 Å². The number of nitrogens with one attached hydrogen (secondary N) is 3. The number of nitrogens with zero attached hydrogens (tertiary/aromatic N) is 6. The molecule has 1 unspecified atom stereocenters. The quantitative estimate of drug-likeness (QED) is 0.0163. The molecular formula is C66H101N9O19. The number of aliphatic hydroxyl groups excluding tert-OH is 2. The van der Waals surface area contributed by atoms with Crippen molar-refractivity contribution in [3.05, 3.63) is 75.9 Å². The van der Waals surface area contributed by atoms with Gasteiger partial charge in [-0.1, -0.05) is 90.3 Å². The van der Waals surface area contributed by atoms with E-state index in [1.54, 1.807) is 88.7 Å². The van der Waals surface area contributed by atoms with E-state index in [4.69, 9.17) is 47.8 Å². The van der Waals surface area contributed by atoms with Crippen LogP contribution in [-0.4, -0.2) is 220 Å². The van der Waals surface area contributed by atoms with E-state index in [1.165, 1.54) is 21.3 Å². The lowest BCUT2D eigenvalue weighted by Crippen LogP contribution is -2.60. The van der Waals surface area contributed by atoms with E-state index in [1.807, 2.05) is 32.0 Å². The summed E-state index contributed by atoms with van der Waals surface area (Å²) in [5, 5.41) is 43.6. The van der Waals surface area contributed by atoms with Gasteiger partial charge in [0.1, 0.15) is 35.8 Å². The third kappa shape index (κ3) is 22.5. The predicted molar refractivity (Wildman–Crippen MR) is 345 cm³/mol. The second-order valence-corrected chi connectivity index (χ2v) is 24.8. The van der Waals surface area contributed by atoms with Crippen LogP contribution in [0.2, 0.25) is 0 Å². The van der Waals surface area contributed by atoms with Gasteiger partial charge in [-0.05, 0) is 66.8 Å². The number of hydrogen-bond acceptors (Lipinski definition) is 19. The van der Waals surface area contributed by atoms with Crippen LogP contribution in [0.1, 0.15) is 123 Å². The van der Waals surface area contributed by atoms with Gasteiger partial charge in [-0.3, -0.25) is 28.9 Å². The highest BCUT2D eigenvalue weighted by atomic mass is 16.7. The molecule has 0 bridgehead atoms. The Kier molecular flexibility index (Phi) is 32.2. The highest BCUT2D eigenvalue weighted by Crippen LogP contribution is 2.36. The summed E-state index contributed by atoms with van der Waals surface area (Å²) < 4.78 is 52.3. The number of carboxylic acids is 1. The Hall–Kier alpha value is -7.14. The number of carboxylic acid groups (broad SMARTS) is 1. The van der Waals surface area contributed by atoms with Crippen molar-refractivity contribution in [2.45, 2.75) is 180 Å². The molecular weight excluding hydrogens is 1220 g/mol. The van der Waals surface area contributed by atoms with E-state index in [2.05, 4.69) is 26.0 Å². The normalized spacial score (nSPS) is 19.4. The van der Waals surface area contributed by atoms with E-state index >= 15 is 0 Å². The summed E-state index contributed by atoms with van der Waals surface area (Å²) in [7, 11) is 6.06. The Labute approximate surface area is 550 Å². The molecule has 1 aromatic heterocycles. The van der Waals surface area contributed by atoms with Crippen LogP contribution in [0.4, 0.5) is 4.79 Å². The van der Waals surface area contributed by atoms with Crippen LogP contribution >= 0.6 is 0 Å². The molecule has 2 aliphatic heterocycles. The number of benzene rings is 2. The van der Waals surface area contributed by atoms with E-state index < -0.39 is 109 Å². The van der Waals surface area contributed by atoms with Gasteiger partial charge >= 0.3 is 12.1 Å². The standard InChI is InChI=1S/C66H101N9O19/c1-13-41(6)58(51(86-11)37-54(78)75-27-17-20-49(75)60(87-12)42(7)62(80)70-43(8)59(79)44-18-15-14-16-19-44)73(9)64(82)56(39(2)3)71-63(81)57(40(4)5)74(10)66(85)91-38-45-21-23-50(93-55-35-46(76)34-52(94-55)65(83)84)48-36-47(92-61(45)48)22-24-53(77)68-25-28-88-30-32-90-33-31-89-29-26-69-72-67/h14-16,18-19,21,23,36,39-43,46,49,51-52,55-60,76,79H,13,17,20,22,24-35,37-38H2,1-12H3,(H,68,77)(H,70,80)(H,71,81)(H,83,84)/t41-,42+,43+,46-,49-,51+,52-,55+,56?,57-,58-,59+,60+/m0/s1. The molecule has 94 heavy (non-hydrogen) atoms. The minimum absolute atomic E-state index is 0.0156. The highest BCUT2D eigenvalue weighted by Gasteiger charge is 2.44. The molecule has 6 N–H and O–H groups in total. The molecule has 0 aliphatic carbocycles. The van der Waals surface area contributed by atoms with Crippen molar-refractivity contribution in [1.82, 2.24) is 30.7 Å². The Morgan fingerprint density at radius 2 is 1.53 bits per heavy atom. The molecule has 2 saturated heterocycles. The number of likely N-dealkylation sites (tertiary alicyclic amines) is 1. The highest BCUT2D eigenvalue weighted by molar-refractivity contribution is 5.92. The van der Waals surface area contributed by atoms with Crippen LogP contribution in [0.15, 0.2) is 58.1 Å². The first-order valence-electron chi connectivity index (χ1n) is 32.5. The number of carbonyl (C=O) groups excluding carboxylic acids is 6. The zero-order valence-electron chi connectivity index (χ0n) is 56.6. The molecule has 3 heterocycles. The fraction of sp³-hybridized carbons (Fsp3) is 0.682. The summed E-state index contributed by atoms with van der Waals surface area (Å²) in [5.41, 5.74) is 9.58. The third-order valence-electron chi connectivity index (χ3n) is 17.3. The minimum atomic E-state index is -1.32. The van der Waals surface area contributed by atoms with Gasteiger partial charge in [0.05, 0.1) is 99.9 Å². The van der Waals surface area contributed by atoms with Crippen molar-refractivity contribution in [1.29, 1.82) is 0 Å². The van der Waals surface area contributed by atoms with Crippen molar-refractivity contribution < 1.29 is 91.2 Å². The third-order valence-corrected chi connectivity index (χ3v) is 17.3. The summed E-state index contributed by atoms with van der Waals surface area (Å²) in [6.07, 6.45) is -5.00. The van der Waals surface area contributed by atoms with Gasteiger partial charge in [0.15, 0.2) is 6.10 Å². The molecule has 28 heteroatoms. The summed E-state index contributed by atoms with van der Waals surface area (Å²) in [6.45, 7) is 16.8. The number of ether oxygens (including phenoxy) is 8. The molecule has 2 aromatic carbocycles. The number of aliphatic carboxylic acids is 1. The lowest BCUT2D eigenvalue weighted by Gasteiger charge is -2.41. The Balaban J connectivity index is 1.24. The molecule has 28 nitrogen and oxygen atoms in total. The SMILES string of the molecule is CC[C@H](C)[C@@H]([C@@H](CC(=O)N1CCC[C@H]1[C@H](OC)[C@@H](C)C(=O)N[C@H](C)[C@@H](O)c1ccccc1)OC)N(C)C(=O)C(NC(=O)[C@H](C(C)C)N(C)C(=O)OCc1ccc(O[C@H]2C[C@@H](O)C[C@@H](C(=O)O)O2)c2cc(CCC(=O)NCCOCCOCCOCCN=[N+]=[N-])oc12)C(C)C. The van der Waals surface area contributed by atoms with Crippen LogP contribution in [-0.2, 0) is 75.0 Å². The molecule has 2 aliphatic rings. The first kappa shape index (κ1) is 77.6. The van der Waals surface area contributed by atoms with Crippen LogP contribution in [0.3, 0.4) is 0 Å². The molecule has 0 saturated carbocycles. The average molecular weight is 1320 g/mol. The number of fused-ring (bicyclic) bond motifs is 1. The number of aliphatic hydroxyl groups is 2. The van der Waals surface area contributed by atoms with Gasteiger partial charge in [0.2, 0.25) is 35.8 Å². The molecule has 6 amide bonds. The van der Waals surface area contributed by atoms with Crippen LogP contribution in [0, 0.1) is 23.7 Å². The zero-order chi connectivity index (χ0) is 69.2. The van der Waals surface area contributed by atoms with Crippen LogP contribution < -0.4 is 20.7 Å². The summed E-state index contributed by atoms with van der Waals surface area (Å²) in [6, 6.07) is 9.92. The smallest absolute Gasteiger partial charge is 0.410 e. The molecule has 13 atom stereocenters. The van der Waals surface area contributed by atoms with Gasteiger partial charge in [-0.15, -0.1) is 0 Å². The number of likely N-dealkylation sites (N-methyl/N-ethyl adjacent to an activating group) is 2. The van der Waals surface area contributed by atoms with Crippen molar-refractivity contribution >= 4 is 52.6 Å². The van der Waals surface area contributed by atoms with E-state index in [9.17, 15) is 48.9 Å². The second kappa shape index (κ2) is 39.0. The second-order valence-electron chi connectivity index (χ2n) is 24.8. The van der Waals surface area contributed by atoms with Crippen LogP contribution in [0.25, 0.3) is 21.4 Å². The topological polar surface area (TPSA) is 362 Å². The fourth-order valence-corrected chi connectivity index (χ4v) is 12.0. The lowest BCUT2D eigenvalue weighted by atomic mass is 9.89. The monoisotopic (exact) mass is 1320 g/mol. The van der Waals surface area contributed by atoms with E-state index in [0.29, 0.717) is 81.1 Å². The summed E-state index contributed by atoms with van der Waals surface area (Å²) in [5.74, 6) is -4.42. The maximum Gasteiger partial charge on any atom is 0.410 e. The van der Waals surface area contributed by atoms with Gasteiger partial charge in [0.25, 0.3) is 0 Å². The number of methoxy groups -OCH3 is 2.